The Hall–Kier alpha value is -2.90. The highest BCUT2D eigenvalue weighted by molar-refractivity contribution is 6.04. The van der Waals surface area contributed by atoms with Gasteiger partial charge in [0, 0.05) is 18.0 Å². The average molecular weight is 352 g/mol. The number of benzene rings is 1. The highest BCUT2D eigenvalue weighted by Gasteiger charge is 2.53. The zero-order valence-corrected chi connectivity index (χ0v) is 13.2. The van der Waals surface area contributed by atoms with Gasteiger partial charge in [-0.15, -0.1) is 0 Å². The number of hydrogen-bond donors (Lipinski definition) is 1. The van der Waals surface area contributed by atoms with E-state index < -0.39 is 29.9 Å². The number of alkyl halides is 3. The van der Waals surface area contributed by atoms with Gasteiger partial charge in [0.25, 0.3) is 0 Å². The second-order valence-electron chi connectivity index (χ2n) is 5.14. The highest BCUT2D eigenvalue weighted by Crippen LogP contribution is 2.33. The van der Waals surface area contributed by atoms with Gasteiger partial charge in [-0.3, -0.25) is 14.6 Å². The summed E-state index contributed by atoms with van der Waals surface area (Å²) < 4.78 is 44.7. The van der Waals surface area contributed by atoms with E-state index in [0.29, 0.717) is 0 Å². The summed E-state index contributed by atoms with van der Waals surface area (Å²) in [7, 11) is 0.842. The Balaban J connectivity index is 2.46. The molecule has 132 valence electrons. The fourth-order valence-electron chi connectivity index (χ4n) is 2.30. The number of aromatic nitrogens is 1. The highest BCUT2D eigenvalue weighted by atomic mass is 19.4. The second-order valence-corrected chi connectivity index (χ2v) is 5.14. The minimum Gasteiger partial charge on any atom is -0.468 e. The van der Waals surface area contributed by atoms with Gasteiger partial charge >= 0.3 is 12.1 Å². The topological polar surface area (TPSA) is 68.3 Å². The third-order valence-electron chi connectivity index (χ3n) is 3.47. The third kappa shape index (κ3) is 4.56. The molecule has 0 unspecified atom stereocenters. The fraction of sp³-hybridized carbons (Fsp3) is 0.235. The predicted octanol–water partition coefficient (Wildman–Crippen LogP) is 3.10. The molecule has 25 heavy (non-hydrogen) atoms. The van der Waals surface area contributed by atoms with E-state index >= 15 is 0 Å². The van der Waals surface area contributed by atoms with Gasteiger partial charge < -0.3 is 10.1 Å². The van der Waals surface area contributed by atoms with Crippen LogP contribution in [0, 0.1) is 5.92 Å². The maximum atomic E-state index is 13.5. The number of methoxy groups -OCH3 is 1. The van der Waals surface area contributed by atoms with Gasteiger partial charge in [-0.05, 0) is 12.1 Å². The largest absolute Gasteiger partial charge is 0.468 e. The van der Waals surface area contributed by atoms with E-state index in [4.69, 9.17) is 0 Å². The first-order valence-electron chi connectivity index (χ1n) is 7.25. The molecule has 8 heteroatoms. The number of hydrogen-bond acceptors (Lipinski definition) is 5. The van der Waals surface area contributed by atoms with Gasteiger partial charge in [-0.25, -0.2) is 0 Å². The minimum absolute atomic E-state index is 0.0436. The van der Waals surface area contributed by atoms with Crippen LogP contribution in [0.1, 0.15) is 10.4 Å². The molecule has 0 spiro atoms. The van der Waals surface area contributed by atoms with Gasteiger partial charge in [-0.1, -0.05) is 30.3 Å². The lowest BCUT2D eigenvalue weighted by molar-refractivity contribution is -0.196. The summed E-state index contributed by atoms with van der Waals surface area (Å²) in [6, 6.07) is 8.48. The van der Waals surface area contributed by atoms with Crippen molar-refractivity contribution < 1.29 is 27.5 Å². The number of esters is 1. The monoisotopic (exact) mass is 352 g/mol. The SMILES string of the molecule is COC(=O)[C@H]([C@H](Nc1cccnc1)C(=O)c1ccccc1)C(F)(F)F. The Labute approximate surface area is 141 Å². The van der Waals surface area contributed by atoms with Crippen LogP contribution >= 0.6 is 0 Å². The summed E-state index contributed by atoms with van der Waals surface area (Å²) in [6.07, 6.45) is -2.28. The van der Waals surface area contributed by atoms with E-state index in [9.17, 15) is 22.8 Å². The molecule has 1 aromatic carbocycles. The van der Waals surface area contributed by atoms with Gasteiger partial charge in [0.2, 0.25) is 0 Å². The molecular formula is C17H15F3N2O3. The molecule has 1 aromatic heterocycles. The van der Waals surface area contributed by atoms with E-state index in [1.54, 1.807) is 6.07 Å². The van der Waals surface area contributed by atoms with Crippen molar-refractivity contribution in [3.8, 4) is 0 Å². The third-order valence-corrected chi connectivity index (χ3v) is 3.47. The van der Waals surface area contributed by atoms with Crippen LogP contribution in [0.15, 0.2) is 54.9 Å². The molecule has 2 rings (SSSR count). The lowest BCUT2D eigenvalue weighted by Crippen LogP contribution is -2.49. The number of carbonyl (C=O) groups excluding carboxylic acids is 2. The summed E-state index contributed by atoms with van der Waals surface area (Å²) in [5, 5.41) is 2.47. The molecule has 0 saturated carbocycles. The molecule has 0 aliphatic carbocycles. The molecule has 0 bridgehead atoms. The summed E-state index contributed by atoms with van der Waals surface area (Å²) in [5.74, 6) is -5.08. The van der Waals surface area contributed by atoms with Crippen molar-refractivity contribution in [1.82, 2.24) is 4.98 Å². The first-order valence-corrected chi connectivity index (χ1v) is 7.25. The molecule has 0 saturated heterocycles. The lowest BCUT2D eigenvalue weighted by Gasteiger charge is -2.27. The molecule has 5 nitrogen and oxygen atoms in total. The maximum Gasteiger partial charge on any atom is 0.404 e. The lowest BCUT2D eigenvalue weighted by atomic mass is 9.91. The van der Waals surface area contributed by atoms with Crippen LogP contribution < -0.4 is 5.32 Å². The molecule has 0 amide bonds. The van der Waals surface area contributed by atoms with Crippen molar-refractivity contribution in [1.29, 1.82) is 0 Å². The number of pyridine rings is 1. The number of anilines is 1. The van der Waals surface area contributed by atoms with Crippen molar-refractivity contribution in [2.24, 2.45) is 5.92 Å². The average Bonchev–Trinajstić information content (AvgIpc) is 2.61. The molecule has 1 heterocycles. The summed E-state index contributed by atoms with van der Waals surface area (Å²) in [5.41, 5.74) is 0.219. The van der Waals surface area contributed by atoms with Crippen LogP contribution in [0.2, 0.25) is 0 Å². The zero-order valence-electron chi connectivity index (χ0n) is 13.2. The summed E-state index contributed by atoms with van der Waals surface area (Å²) in [4.78, 5) is 28.2. The fourth-order valence-corrected chi connectivity index (χ4v) is 2.30. The van der Waals surface area contributed by atoms with Crippen LogP contribution in [0.5, 0.6) is 0 Å². The molecule has 0 aliphatic rings. The smallest absolute Gasteiger partial charge is 0.404 e. The Morgan fingerprint density at radius 3 is 2.32 bits per heavy atom. The first kappa shape index (κ1) is 18.4. The number of halogens is 3. The molecule has 0 aliphatic heterocycles. The van der Waals surface area contributed by atoms with Crippen LogP contribution in [0.4, 0.5) is 18.9 Å². The van der Waals surface area contributed by atoms with E-state index in [2.05, 4.69) is 15.0 Å². The van der Waals surface area contributed by atoms with Crippen molar-refractivity contribution >= 4 is 17.4 Å². The second kappa shape index (κ2) is 7.78. The van der Waals surface area contributed by atoms with E-state index in [-0.39, 0.29) is 11.3 Å². The maximum absolute atomic E-state index is 13.5. The normalized spacial score (nSPS) is 13.6. The van der Waals surface area contributed by atoms with E-state index in [1.807, 2.05) is 0 Å². The first-order chi connectivity index (χ1) is 11.8. The number of Topliss-reactive ketones (excluding diaryl/α,β-unsaturated/α-hetero) is 1. The van der Waals surface area contributed by atoms with Gasteiger partial charge in [0.15, 0.2) is 11.7 Å². The van der Waals surface area contributed by atoms with Crippen molar-refractivity contribution in [3.63, 3.8) is 0 Å². The Bertz CT molecular complexity index is 721. The Morgan fingerprint density at radius 1 is 1.12 bits per heavy atom. The molecule has 0 radical (unpaired) electrons. The van der Waals surface area contributed by atoms with Gasteiger partial charge in [0.05, 0.1) is 12.8 Å². The van der Waals surface area contributed by atoms with Crippen molar-refractivity contribution in [2.75, 3.05) is 12.4 Å². The number of ketones is 1. The van der Waals surface area contributed by atoms with Crippen molar-refractivity contribution in [3.05, 3.63) is 60.4 Å². The number of nitrogens with one attached hydrogen (secondary N) is 1. The molecule has 1 N–H and O–H groups in total. The predicted molar refractivity (Wildman–Crippen MR) is 84.0 cm³/mol. The van der Waals surface area contributed by atoms with Crippen molar-refractivity contribution in [2.45, 2.75) is 12.2 Å². The number of ether oxygens (including phenoxy) is 1. The Kier molecular flexibility index (Phi) is 5.74. The quantitative estimate of drug-likeness (QED) is 0.639. The molecule has 2 aromatic rings. The molecule has 0 fully saturated rings. The Morgan fingerprint density at radius 2 is 1.80 bits per heavy atom. The van der Waals surface area contributed by atoms with Crippen LogP contribution in [0.25, 0.3) is 0 Å². The summed E-state index contributed by atoms with van der Waals surface area (Å²) in [6.45, 7) is 0. The van der Waals surface area contributed by atoms with Gasteiger partial charge in [0.1, 0.15) is 6.04 Å². The van der Waals surface area contributed by atoms with Gasteiger partial charge in [-0.2, -0.15) is 13.2 Å². The van der Waals surface area contributed by atoms with E-state index in [1.165, 1.54) is 48.8 Å². The zero-order chi connectivity index (χ0) is 18.4. The molecular weight excluding hydrogens is 337 g/mol. The van der Waals surface area contributed by atoms with Crippen LogP contribution in [-0.4, -0.2) is 36.1 Å². The minimum atomic E-state index is -4.97. The van der Waals surface area contributed by atoms with E-state index in [0.717, 1.165) is 7.11 Å². The standard InChI is InChI=1S/C17H15F3N2O3/c1-25-16(24)13(17(18,19)20)14(22-12-8-5-9-21-10-12)15(23)11-6-3-2-4-7-11/h2-10,13-14,22H,1H3/t13-,14-/m0/s1. The molecule has 2 atom stereocenters. The summed E-state index contributed by atoms with van der Waals surface area (Å²) >= 11 is 0. The van der Waals surface area contributed by atoms with Crippen LogP contribution in [-0.2, 0) is 9.53 Å². The number of rotatable bonds is 6. The number of carbonyl (C=O) groups is 2. The van der Waals surface area contributed by atoms with Crippen LogP contribution in [0.3, 0.4) is 0 Å². The number of nitrogens with zero attached hydrogens (tertiary/aromatic N) is 1.